The molecular formula is C27H32O. The normalized spacial score (nSPS) is 16.1. The van der Waals surface area contributed by atoms with Gasteiger partial charge in [-0.25, -0.2) is 0 Å². The molecule has 0 saturated carbocycles. The van der Waals surface area contributed by atoms with Crippen molar-refractivity contribution >= 4 is 10.8 Å². The van der Waals surface area contributed by atoms with Crippen LogP contribution in [0.15, 0.2) is 54.6 Å². The van der Waals surface area contributed by atoms with E-state index in [1.165, 1.54) is 58.7 Å². The van der Waals surface area contributed by atoms with Crippen LogP contribution in [0.2, 0.25) is 0 Å². The van der Waals surface area contributed by atoms with Crippen molar-refractivity contribution in [2.45, 2.75) is 64.7 Å². The van der Waals surface area contributed by atoms with E-state index in [0.717, 1.165) is 31.6 Å². The number of hydrogen-bond donors (Lipinski definition) is 0. The van der Waals surface area contributed by atoms with Crippen LogP contribution in [0.5, 0.6) is 5.75 Å². The fraction of sp³-hybridized carbons (Fsp3) is 0.407. The molecule has 1 atom stereocenters. The maximum absolute atomic E-state index is 5.81. The first kappa shape index (κ1) is 19.1. The van der Waals surface area contributed by atoms with Crippen LogP contribution in [0.25, 0.3) is 10.8 Å². The van der Waals surface area contributed by atoms with Crippen LogP contribution in [0.3, 0.4) is 0 Å². The lowest BCUT2D eigenvalue weighted by Crippen LogP contribution is -2.13. The Balaban J connectivity index is 1.51. The second-order valence-corrected chi connectivity index (χ2v) is 8.26. The Bertz CT molecular complexity index is 940. The fourth-order valence-electron chi connectivity index (χ4n) is 4.43. The molecule has 1 unspecified atom stereocenters. The smallest absolute Gasteiger partial charge is 0.119 e. The number of benzene rings is 3. The van der Waals surface area contributed by atoms with Gasteiger partial charge in [-0.2, -0.15) is 0 Å². The molecule has 1 aliphatic carbocycles. The molecule has 0 bridgehead atoms. The van der Waals surface area contributed by atoms with Gasteiger partial charge in [-0.15, -0.1) is 0 Å². The van der Waals surface area contributed by atoms with Gasteiger partial charge in [-0.05, 0) is 89.6 Å². The zero-order chi connectivity index (χ0) is 19.3. The molecule has 0 amide bonds. The molecule has 0 aromatic heterocycles. The zero-order valence-corrected chi connectivity index (χ0v) is 17.3. The van der Waals surface area contributed by atoms with E-state index in [9.17, 15) is 0 Å². The van der Waals surface area contributed by atoms with Crippen LogP contribution >= 0.6 is 0 Å². The van der Waals surface area contributed by atoms with Crippen molar-refractivity contribution in [3.05, 3.63) is 76.9 Å². The van der Waals surface area contributed by atoms with Crippen molar-refractivity contribution in [1.29, 1.82) is 0 Å². The van der Waals surface area contributed by atoms with Gasteiger partial charge in [0, 0.05) is 0 Å². The van der Waals surface area contributed by atoms with E-state index in [2.05, 4.69) is 68.4 Å². The summed E-state index contributed by atoms with van der Waals surface area (Å²) < 4.78 is 5.81. The van der Waals surface area contributed by atoms with Crippen molar-refractivity contribution in [1.82, 2.24) is 0 Å². The lowest BCUT2D eigenvalue weighted by molar-refractivity contribution is 0.316. The Kier molecular flexibility index (Phi) is 6.00. The van der Waals surface area contributed by atoms with Gasteiger partial charge >= 0.3 is 0 Å². The zero-order valence-electron chi connectivity index (χ0n) is 17.3. The lowest BCUT2D eigenvalue weighted by atomic mass is 9.79. The number of hydrogen-bond acceptors (Lipinski definition) is 1. The highest BCUT2D eigenvalue weighted by Crippen LogP contribution is 2.35. The van der Waals surface area contributed by atoms with Crippen LogP contribution in [0.1, 0.15) is 67.7 Å². The number of fused-ring (bicyclic) bond motifs is 2. The second-order valence-electron chi connectivity index (χ2n) is 8.26. The molecule has 1 aliphatic rings. The monoisotopic (exact) mass is 372 g/mol. The molecular weight excluding hydrogens is 340 g/mol. The van der Waals surface area contributed by atoms with E-state index in [0.29, 0.717) is 5.92 Å². The quantitative estimate of drug-likeness (QED) is 0.424. The predicted molar refractivity (Wildman–Crippen MR) is 120 cm³/mol. The summed E-state index contributed by atoms with van der Waals surface area (Å²) in [6.45, 7) is 5.21. The summed E-state index contributed by atoms with van der Waals surface area (Å²) in [5, 5.41) is 2.76. The van der Waals surface area contributed by atoms with Crippen molar-refractivity contribution in [3.8, 4) is 5.75 Å². The van der Waals surface area contributed by atoms with E-state index in [-0.39, 0.29) is 0 Å². The lowest BCUT2D eigenvalue weighted by Gasteiger charge is -2.26. The summed E-state index contributed by atoms with van der Waals surface area (Å²) in [5.74, 6) is 1.66. The molecule has 4 rings (SSSR count). The summed E-state index contributed by atoms with van der Waals surface area (Å²) in [4.78, 5) is 0. The van der Waals surface area contributed by atoms with E-state index in [4.69, 9.17) is 4.74 Å². The van der Waals surface area contributed by atoms with E-state index in [1.54, 1.807) is 0 Å². The first-order valence-electron chi connectivity index (χ1n) is 11.0. The molecule has 3 aromatic carbocycles. The Morgan fingerprint density at radius 1 is 0.857 bits per heavy atom. The molecule has 0 fully saturated rings. The van der Waals surface area contributed by atoms with Crippen molar-refractivity contribution in [2.24, 2.45) is 0 Å². The van der Waals surface area contributed by atoms with Crippen molar-refractivity contribution < 1.29 is 4.74 Å². The summed E-state index contributed by atoms with van der Waals surface area (Å²) in [6, 6.07) is 20.8. The average molecular weight is 373 g/mol. The average Bonchev–Trinajstić information content (AvgIpc) is 2.75. The SMILES string of the molecule is CCCCc1ccc2cc(C3CCc4cc(OCCC)ccc4C3)ccc2c1. The Morgan fingerprint density at radius 2 is 1.71 bits per heavy atom. The van der Waals surface area contributed by atoms with Crippen molar-refractivity contribution in [2.75, 3.05) is 6.61 Å². The second kappa shape index (κ2) is 8.82. The van der Waals surface area contributed by atoms with Gasteiger partial charge in [0.05, 0.1) is 6.61 Å². The minimum absolute atomic E-state index is 0.624. The molecule has 1 heteroatoms. The topological polar surface area (TPSA) is 9.23 Å². The molecule has 146 valence electrons. The van der Waals surface area contributed by atoms with Crippen LogP contribution in [-0.2, 0) is 19.3 Å². The van der Waals surface area contributed by atoms with Gasteiger partial charge in [0.25, 0.3) is 0 Å². The van der Waals surface area contributed by atoms with E-state index < -0.39 is 0 Å². The van der Waals surface area contributed by atoms with Crippen LogP contribution in [0, 0.1) is 0 Å². The molecule has 0 radical (unpaired) electrons. The van der Waals surface area contributed by atoms with Crippen LogP contribution in [-0.4, -0.2) is 6.61 Å². The number of rotatable bonds is 7. The molecule has 0 heterocycles. The third-order valence-corrected chi connectivity index (χ3v) is 6.10. The van der Waals surface area contributed by atoms with Crippen LogP contribution < -0.4 is 4.74 Å². The standard InChI is InChI=1S/C27H32O/c1-3-5-6-20-7-8-22-17-23(10-9-21(22)16-20)24-11-12-26-19-27(28-15-4-2)14-13-25(26)18-24/h7-10,13-14,16-17,19,24H,3-6,11-12,15,18H2,1-2H3. The van der Waals surface area contributed by atoms with Crippen molar-refractivity contribution in [3.63, 3.8) is 0 Å². The molecule has 1 nitrogen and oxygen atoms in total. The highest BCUT2D eigenvalue weighted by Gasteiger charge is 2.21. The van der Waals surface area contributed by atoms with Crippen LogP contribution in [0.4, 0.5) is 0 Å². The van der Waals surface area contributed by atoms with Gasteiger partial charge in [0.15, 0.2) is 0 Å². The molecule has 28 heavy (non-hydrogen) atoms. The summed E-state index contributed by atoms with van der Waals surface area (Å²) in [6.07, 6.45) is 8.30. The third kappa shape index (κ3) is 4.24. The molecule has 0 aliphatic heterocycles. The van der Waals surface area contributed by atoms with Gasteiger partial charge in [-0.3, -0.25) is 0 Å². The molecule has 0 spiro atoms. The van der Waals surface area contributed by atoms with Gasteiger partial charge in [0.2, 0.25) is 0 Å². The van der Waals surface area contributed by atoms with Gasteiger partial charge < -0.3 is 4.74 Å². The minimum Gasteiger partial charge on any atom is -0.494 e. The summed E-state index contributed by atoms with van der Waals surface area (Å²) in [7, 11) is 0. The number of ether oxygens (including phenoxy) is 1. The van der Waals surface area contributed by atoms with Gasteiger partial charge in [-0.1, -0.05) is 62.7 Å². The van der Waals surface area contributed by atoms with Gasteiger partial charge in [0.1, 0.15) is 5.75 Å². The fourth-order valence-corrected chi connectivity index (χ4v) is 4.43. The highest BCUT2D eigenvalue weighted by atomic mass is 16.5. The van der Waals surface area contributed by atoms with E-state index in [1.807, 2.05) is 0 Å². The first-order valence-corrected chi connectivity index (χ1v) is 11.0. The largest absolute Gasteiger partial charge is 0.494 e. The maximum Gasteiger partial charge on any atom is 0.119 e. The predicted octanol–water partition coefficient (Wildman–Crippen LogP) is 7.24. The molecule has 3 aromatic rings. The summed E-state index contributed by atoms with van der Waals surface area (Å²) in [5.41, 5.74) is 5.93. The highest BCUT2D eigenvalue weighted by molar-refractivity contribution is 5.84. The minimum atomic E-state index is 0.624. The number of aryl methyl sites for hydroxylation is 2. The Morgan fingerprint density at radius 3 is 2.57 bits per heavy atom. The Hall–Kier alpha value is -2.28. The molecule has 0 saturated heterocycles. The molecule has 0 N–H and O–H groups in total. The van der Waals surface area contributed by atoms with E-state index >= 15 is 0 Å². The third-order valence-electron chi connectivity index (χ3n) is 6.10. The Labute approximate surface area is 169 Å². The number of unbranched alkanes of at least 4 members (excludes halogenated alkanes) is 1. The first-order chi connectivity index (χ1) is 13.8. The maximum atomic E-state index is 5.81. The summed E-state index contributed by atoms with van der Waals surface area (Å²) >= 11 is 0.